The molecule has 230 valence electrons. The van der Waals surface area contributed by atoms with Gasteiger partial charge in [0.2, 0.25) is 11.7 Å². The highest BCUT2D eigenvalue weighted by Gasteiger charge is 2.31. The molecule has 3 heterocycles. The van der Waals surface area contributed by atoms with E-state index in [1.54, 1.807) is 35.4 Å². The zero-order valence-electron chi connectivity index (χ0n) is 25.3. The van der Waals surface area contributed by atoms with Gasteiger partial charge in [0.1, 0.15) is 23.0 Å². The third-order valence-electron chi connectivity index (χ3n) is 6.96. The van der Waals surface area contributed by atoms with Gasteiger partial charge in [0.15, 0.2) is 16.6 Å². The number of piperazine rings is 1. The van der Waals surface area contributed by atoms with Gasteiger partial charge in [0, 0.05) is 39.8 Å². The lowest BCUT2D eigenvalue weighted by Gasteiger charge is -2.39. The summed E-state index contributed by atoms with van der Waals surface area (Å²) in [6.07, 6.45) is 2.09. The average molecular weight is 604 g/mol. The average Bonchev–Trinajstić information content (AvgIpc) is 3.35. The Labute approximate surface area is 250 Å². The number of benzene rings is 1. The van der Waals surface area contributed by atoms with E-state index in [1.807, 2.05) is 19.1 Å². The highest BCUT2D eigenvalue weighted by atomic mass is 32.1. The van der Waals surface area contributed by atoms with E-state index < -0.39 is 11.6 Å². The number of ether oxygens (including phenoxy) is 5. The standard InChI is InChI=1S/C28H41N7O6S/c1-18-24(25(36)41-13-12-37-4)42-27(30-18)32-26-31-22(35-10-8-34(3)9-11-35)16-28(2,33-26)29-17-19-14-20(38-5)23(40-7)21(15-19)39-6/h14-16,29H,8-13,17H2,1-7H3,(H2,30,31,32,33). The molecule has 1 unspecified atom stereocenters. The van der Waals surface area contributed by atoms with Crippen LogP contribution >= 0.6 is 11.3 Å². The van der Waals surface area contributed by atoms with Gasteiger partial charge in [-0.2, -0.15) is 4.99 Å². The lowest BCUT2D eigenvalue weighted by atomic mass is 10.1. The lowest BCUT2D eigenvalue weighted by Crippen LogP contribution is -2.59. The van der Waals surface area contributed by atoms with E-state index in [9.17, 15) is 4.79 Å². The molecule has 3 N–H and O–H groups in total. The van der Waals surface area contributed by atoms with Crippen molar-refractivity contribution in [3.63, 3.8) is 0 Å². The smallest absolute Gasteiger partial charge is 0.350 e. The molecule has 0 radical (unpaired) electrons. The molecule has 1 aromatic carbocycles. The Balaban J connectivity index is 1.56. The third kappa shape index (κ3) is 7.62. The van der Waals surface area contributed by atoms with E-state index in [0.717, 1.165) is 37.6 Å². The molecule has 2 aliphatic heterocycles. The molecule has 0 amide bonds. The van der Waals surface area contributed by atoms with Crippen LogP contribution in [0, 0.1) is 6.92 Å². The third-order valence-corrected chi connectivity index (χ3v) is 8.01. The van der Waals surface area contributed by atoms with Crippen molar-refractivity contribution >= 4 is 28.4 Å². The second kappa shape index (κ2) is 14.1. The quantitative estimate of drug-likeness (QED) is 0.243. The van der Waals surface area contributed by atoms with Crippen molar-refractivity contribution in [2.75, 3.05) is 80.2 Å². The van der Waals surface area contributed by atoms with Crippen LogP contribution in [0.4, 0.5) is 5.13 Å². The SMILES string of the molecule is COCCOC(=O)c1sc(NC2=NC(N3CCN(C)CC3)=CC(C)(NCc3cc(OC)c(OC)c(OC)c3)N2)nc1C. The minimum Gasteiger partial charge on any atom is -0.493 e. The van der Waals surface area contributed by atoms with Gasteiger partial charge in [-0.1, -0.05) is 11.3 Å². The molecule has 1 atom stereocenters. The van der Waals surface area contributed by atoms with E-state index in [-0.39, 0.29) is 6.61 Å². The van der Waals surface area contributed by atoms with Crippen LogP contribution < -0.4 is 30.2 Å². The number of hydrogen-bond acceptors (Lipinski definition) is 14. The minimum atomic E-state index is -0.683. The molecule has 1 fully saturated rings. The Bertz CT molecular complexity index is 1280. The first-order chi connectivity index (χ1) is 20.2. The minimum absolute atomic E-state index is 0.179. The predicted octanol–water partition coefficient (Wildman–Crippen LogP) is 2.25. The number of hydrogen-bond donors (Lipinski definition) is 3. The Kier molecular flexibility index (Phi) is 10.5. The molecule has 4 rings (SSSR count). The summed E-state index contributed by atoms with van der Waals surface area (Å²) in [6.45, 7) is 8.43. The van der Waals surface area contributed by atoms with Gasteiger partial charge >= 0.3 is 5.97 Å². The number of methoxy groups -OCH3 is 4. The van der Waals surface area contributed by atoms with Crippen molar-refractivity contribution in [3.8, 4) is 17.2 Å². The molecule has 42 heavy (non-hydrogen) atoms. The van der Waals surface area contributed by atoms with Gasteiger partial charge in [-0.15, -0.1) is 0 Å². The maximum atomic E-state index is 12.5. The topological polar surface area (TPSA) is 131 Å². The van der Waals surface area contributed by atoms with Crippen LogP contribution in [0.25, 0.3) is 0 Å². The van der Waals surface area contributed by atoms with Crippen LogP contribution in [0.15, 0.2) is 29.0 Å². The number of carbonyl (C=O) groups excluding carboxylic acids is 1. The Morgan fingerprint density at radius 3 is 2.38 bits per heavy atom. The van der Waals surface area contributed by atoms with E-state index in [0.29, 0.717) is 52.1 Å². The number of esters is 1. The number of rotatable bonds is 12. The van der Waals surface area contributed by atoms with Gasteiger partial charge in [-0.25, -0.2) is 9.78 Å². The monoisotopic (exact) mass is 603 g/mol. The van der Waals surface area contributed by atoms with Crippen LogP contribution in [0.5, 0.6) is 17.2 Å². The van der Waals surface area contributed by atoms with Crippen molar-refractivity contribution in [2.45, 2.75) is 26.1 Å². The molecular weight excluding hydrogens is 562 g/mol. The summed E-state index contributed by atoms with van der Waals surface area (Å²) in [5, 5.41) is 10.9. The number of aryl methyl sites for hydroxylation is 1. The fraction of sp³-hybridized carbons (Fsp3) is 0.536. The molecule has 14 heteroatoms. The highest BCUT2D eigenvalue weighted by Crippen LogP contribution is 2.38. The number of anilines is 1. The number of thiazole rings is 1. The van der Waals surface area contributed by atoms with Crippen LogP contribution in [-0.4, -0.2) is 107 Å². The summed E-state index contributed by atoms with van der Waals surface area (Å²) in [4.78, 5) is 27.0. The largest absolute Gasteiger partial charge is 0.493 e. The van der Waals surface area contributed by atoms with Crippen molar-refractivity contribution in [3.05, 3.63) is 40.2 Å². The summed E-state index contributed by atoms with van der Waals surface area (Å²) in [5.74, 6) is 2.65. The first-order valence-electron chi connectivity index (χ1n) is 13.7. The van der Waals surface area contributed by atoms with Crippen molar-refractivity contribution in [1.82, 2.24) is 25.4 Å². The molecule has 0 saturated carbocycles. The summed E-state index contributed by atoms with van der Waals surface area (Å²) in [6, 6.07) is 3.84. The lowest BCUT2D eigenvalue weighted by molar-refractivity contribution is 0.0392. The van der Waals surface area contributed by atoms with Gasteiger partial charge < -0.3 is 44.1 Å². The van der Waals surface area contributed by atoms with Gasteiger partial charge in [-0.05, 0) is 44.7 Å². The number of nitrogens with zero attached hydrogens (tertiary/aromatic N) is 4. The van der Waals surface area contributed by atoms with Crippen LogP contribution in [0.3, 0.4) is 0 Å². The summed E-state index contributed by atoms with van der Waals surface area (Å²) >= 11 is 1.22. The molecule has 2 aromatic rings. The van der Waals surface area contributed by atoms with Gasteiger partial charge in [0.25, 0.3) is 0 Å². The predicted molar refractivity (Wildman–Crippen MR) is 162 cm³/mol. The highest BCUT2D eigenvalue weighted by molar-refractivity contribution is 7.17. The number of likely N-dealkylation sites (N-methyl/N-ethyl adjacent to an activating group) is 1. The molecule has 0 bridgehead atoms. The fourth-order valence-electron chi connectivity index (χ4n) is 4.61. The van der Waals surface area contributed by atoms with Gasteiger partial charge in [-0.3, -0.25) is 5.32 Å². The fourth-order valence-corrected chi connectivity index (χ4v) is 5.47. The van der Waals surface area contributed by atoms with Crippen molar-refractivity contribution in [1.29, 1.82) is 0 Å². The molecule has 0 aliphatic carbocycles. The summed E-state index contributed by atoms with van der Waals surface area (Å²) in [5.41, 5.74) is 0.850. The molecule has 0 spiro atoms. The normalized spacial score (nSPS) is 19.0. The second-order valence-electron chi connectivity index (χ2n) is 10.2. The number of aliphatic imine (C=N–C) groups is 1. The maximum Gasteiger partial charge on any atom is 0.350 e. The van der Waals surface area contributed by atoms with Crippen molar-refractivity contribution < 1.29 is 28.5 Å². The molecular formula is C28H41N7O6S. The Morgan fingerprint density at radius 1 is 1.07 bits per heavy atom. The maximum absolute atomic E-state index is 12.5. The number of carbonyl (C=O) groups is 1. The van der Waals surface area contributed by atoms with E-state index in [2.05, 4.69) is 43.9 Å². The van der Waals surface area contributed by atoms with E-state index in [1.165, 1.54) is 11.3 Å². The molecule has 1 saturated heterocycles. The second-order valence-corrected chi connectivity index (χ2v) is 11.2. The van der Waals surface area contributed by atoms with Gasteiger partial charge in [0.05, 0.1) is 33.6 Å². The van der Waals surface area contributed by atoms with E-state index >= 15 is 0 Å². The molecule has 13 nitrogen and oxygen atoms in total. The number of aromatic nitrogens is 1. The van der Waals surface area contributed by atoms with E-state index in [4.69, 9.17) is 28.7 Å². The number of nitrogens with one attached hydrogen (secondary N) is 3. The Hall–Kier alpha value is -3.59. The van der Waals surface area contributed by atoms with Crippen LogP contribution in [0.1, 0.15) is 27.9 Å². The molecule has 2 aliphatic rings. The van der Waals surface area contributed by atoms with Crippen molar-refractivity contribution in [2.24, 2.45) is 4.99 Å². The van der Waals surface area contributed by atoms with Crippen LogP contribution in [0.2, 0.25) is 0 Å². The zero-order chi connectivity index (χ0) is 30.3. The summed E-state index contributed by atoms with van der Waals surface area (Å²) < 4.78 is 26.8. The first-order valence-corrected chi connectivity index (χ1v) is 14.5. The summed E-state index contributed by atoms with van der Waals surface area (Å²) in [7, 11) is 8.47. The zero-order valence-corrected chi connectivity index (χ0v) is 26.1. The first kappa shape index (κ1) is 31.3. The Morgan fingerprint density at radius 2 is 1.76 bits per heavy atom. The number of guanidine groups is 1. The molecule has 1 aromatic heterocycles. The van der Waals surface area contributed by atoms with Crippen LogP contribution in [-0.2, 0) is 16.0 Å².